The SMILES string of the molecule is O=C(O)[C@@H]1Cc2cc([N+](=O)[O-])c(O)cc2CN1C(=O)O. The Labute approximate surface area is 111 Å². The molecule has 3 N–H and O–H groups in total. The summed E-state index contributed by atoms with van der Waals surface area (Å²) in [5.41, 5.74) is 0.170. The number of amides is 1. The number of fused-ring (bicyclic) bond motifs is 1. The summed E-state index contributed by atoms with van der Waals surface area (Å²) in [5, 5.41) is 38.2. The van der Waals surface area contributed by atoms with Crippen LogP contribution in [0.2, 0.25) is 0 Å². The minimum absolute atomic E-state index is 0.182. The molecule has 0 saturated carbocycles. The highest BCUT2D eigenvalue weighted by Gasteiger charge is 2.36. The Balaban J connectivity index is 2.48. The van der Waals surface area contributed by atoms with Crippen LogP contribution >= 0.6 is 0 Å². The first-order chi connectivity index (χ1) is 9.31. The number of nitro groups is 1. The Kier molecular flexibility index (Phi) is 3.18. The van der Waals surface area contributed by atoms with E-state index in [4.69, 9.17) is 10.2 Å². The topological polar surface area (TPSA) is 141 Å². The third kappa shape index (κ3) is 2.20. The van der Waals surface area contributed by atoms with Crippen LogP contribution < -0.4 is 0 Å². The van der Waals surface area contributed by atoms with E-state index < -0.39 is 34.5 Å². The van der Waals surface area contributed by atoms with Crippen molar-refractivity contribution in [2.45, 2.75) is 19.0 Å². The lowest BCUT2D eigenvalue weighted by atomic mass is 9.93. The van der Waals surface area contributed by atoms with Gasteiger partial charge in [-0.1, -0.05) is 0 Å². The molecule has 0 aliphatic carbocycles. The third-order valence-corrected chi connectivity index (χ3v) is 3.15. The lowest BCUT2D eigenvalue weighted by Crippen LogP contribution is -2.48. The highest BCUT2D eigenvalue weighted by atomic mass is 16.6. The molecule has 0 bridgehead atoms. The molecule has 0 fully saturated rings. The fourth-order valence-corrected chi connectivity index (χ4v) is 2.18. The number of phenolic OH excluding ortho intramolecular Hbond substituents is 1. The average molecular weight is 282 g/mol. The number of hydrogen-bond donors (Lipinski definition) is 3. The minimum atomic E-state index is -1.40. The summed E-state index contributed by atoms with van der Waals surface area (Å²) in [6.45, 7) is -0.243. The second kappa shape index (κ2) is 4.68. The number of rotatable bonds is 2. The van der Waals surface area contributed by atoms with Crippen molar-refractivity contribution in [2.24, 2.45) is 0 Å². The van der Waals surface area contributed by atoms with Gasteiger partial charge >= 0.3 is 17.7 Å². The van der Waals surface area contributed by atoms with Gasteiger partial charge in [0.2, 0.25) is 0 Å². The lowest BCUT2D eigenvalue weighted by molar-refractivity contribution is -0.386. The molecule has 1 aliphatic rings. The Morgan fingerprint density at radius 1 is 1.30 bits per heavy atom. The van der Waals surface area contributed by atoms with E-state index in [1.165, 1.54) is 0 Å². The summed E-state index contributed by atoms with van der Waals surface area (Å²) in [5.74, 6) is -1.90. The number of phenols is 1. The van der Waals surface area contributed by atoms with Gasteiger partial charge in [0.1, 0.15) is 6.04 Å². The summed E-state index contributed by atoms with van der Waals surface area (Å²) < 4.78 is 0. The molecule has 9 heteroatoms. The van der Waals surface area contributed by atoms with Gasteiger partial charge in [0.05, 0.1) is 11.5 Å². The Morgan fingerprint density at radius 3 is 2.45 bits per heavy atom. The molecule has 1 amide bonds. The van der Waals surface area contributed by atoms with Gasteiger partial charge in [-0.05, 0) is 17.2 Å². The molecule has 1 aliphatic heterocycles. The standard InChI is InChI=1S/C11H10N2O7/c14-9-3-6-4-12(11(17)18)8(10(15)16)2-5(6)1-7(9)13(19)20/h1,3,8,14H,2,4H2,(H,15,16)(H,17,18)/t8-/m0/s1. The highest BCUT2D eigenvalue weighted by molar-refractivity contribution is 5.80. The maximum absolute atomic E-state index is 11.1. The van der Waals surface area contributed by atoms with Gasteiger partial charge in [-0.25, -0.2) is 9.59 Å². The van der Waals surface area contributed by atoms with Crippen molar-refractivity contribution in [2.75, 3.05) is 0 Å². The molecule has 0 unspecified atom stereocenters. The van der Waals surface area contributed by atoms with Gasteiger partial charge in [0.25, 0.3) is 0 Å². The van der Waals surface area contributed by atoms with E-state index in [9.17, 15) is 24.8 Å². The quantitative estimate of drug-likeness (QED) is 0.537. The first-order valence-electron chi connectivity index (χ1n) is 5.52. The van der Waals surface area contributed by atoms with Crippen molar-refractivity contribution in [1.82, 2.24) is 4.90 Å². The molecule has 106 valence electrons. The molecule has 1 heterocycles. The second-order valence-corrected chi connectivity index (χ2v) is 4.34. The van der Waals surface area contributed by atoms with Gasteiger partial charge in [0.15, 0.2) is 5.75 Å². The Morgan fingerprint density at radius 2 is 1.95 bits per heavy atom. The van der Waals surface area contributed by atoms with Crippen LogP contribution in [-0.4, -0.2) is 43.2 Å². The average Bonchev–Trinajstić information content (AvgIpc) is 2.35. The monoisotopic (exact) mass is 282 g/mol. The maximum Gasteiger partial charge on any atom is 0.408 e. The van der Waals surface area contributed by atoms with Crippen LogP contribution in [0, 0.1) is 10.1 Å². The molecule has 0 radical (unpaired) electrons. The summed E-state index contributed by atoms with van der Waals surface area (Å²) in [6.07, 6.45) is -1.58. The van der Waals surface area contributed by atoms with E-state index in [0.717, 1.165) is 17.0 Å². The zero-order valence-electron chi connectivity index (χ0n) is 10.0. The van der Waals surface area contributed by atoms with E-state index in [1.54, 1.807) is 0 Å². The fourth-order valence-electron chi connectivity index (χ4n) is 2.18. The minimum Gasteiger partial charge on any atom is -0.502 e. The van der Waals surface area contributed by atoms with E-state index in [0.29, 0.717) is 11.1 Å². The van der Waals surface area contributed by atoms with Crippen LogP contribution in [-0.2, 0) is 17.8 Å². The summed E-state index contributed by atoms with van der Waals surface area (Å²) >= 11 is 0. The number of carbonyl (C=O) groups is 2. The molecule has 9 nitrogen and oxygen atoms in total. The zero-order chi connectivity index (χ0) is 15.0. The molecular formula is C11H10N2O7. The molecule has 2 rings (SSSR count). The molecule has 0 aromatic heterocycles. The number of nitro benzene ring substituents is 1. The maximum atomic E-state index is 11.1. The van der Waals surface area contributed by atoms with Crippen molar-refractivity contribution in [1.29, 1.82) is 0 Å². The van der Waals surface area contributed by atoms with E-state index in [1.807, 2.05) is 0 Å². The summed E-state index contributed by atoms with van der Waals surface area (Å²) in [7, 11) is 0. The predicted octanol–water partition coefficient (Wildman–Crippen LogP) is 0.790. The Hall–Kier alpha value is -2.84. The van der Waals surface area contributed by atoms with Crippen LogP contribution in [0.15, 0.2) is 12.1 Å². The molecule has 1 atom stereocenters. The Bertz CT molecular complexity index is 613. The molecule has 0 spiro atoms. The van der Waals surface area contributed by atoms with Crippen LogP contribution in [0.4, 0.5) is 10.5 Å². The van der Waals surface area contributed by atoms with Gasteiger partial charge < -0.3 is 15.3 Å². The molecular weight excluding hydrogens is 272 g/mol. The van der Waals surface area contributed by atoms with Crippen molar-refractivity contribution in [3.8, 4) is 5.75 Å². The van der Waals surface area contributed by atoms with Crippen LogP contribution in [0.3, 0.4) is 0 Å². The number of benzene rings is 1. The van der Waals surface area contributed by atoms with Gasteiger partial charge in [-0.2, -0.15) is 0 Å². The van der Waals surface area contributed by atoms with Crippen LogP contribution in [0.1, 0.15) is 11.1 Å². The number of aromatic hydroxyl groups is 1. The van der Waals surface area contributed by atoms with E-state index >= 15 is 0 Å². The van der Waals surface area contributed by atoms with Crippen molar-refractivity contribution < 1.29 is 29.8 Å². The molecule has 20 heavy (non-hydrogen) atoms. The van der Waals surface area contributed by atoms with Crippen molar-refractivity contribution in [3.63, 3.8) is 0 Å². The lowest BCUT2D eigenvalue weighted by Gasteiger charge is -2.32. The zero-order valence-corrected chi connectivity index (χ0v) is 10.0. The largest absolute Gasteiger partial charge is 0.502 e. The fraction of sp³-hybridized carbons (Fsp3) is 0.273. The predicted molar refractivity (Wildman–Crippen MR) is 63.5 cm³/mol. The highest BCUT2D eigenvalue weighted by Crippen LogP contribution is 2.33. The summed E-state index contributed by atoms with van der Waals surface area (Å²) in [6, 6.07) is 0.880. The molecule has 1 aromatic carbocycles. The smallest absolute Gasteiger partial charge is 0.408 e. The second-order valence-electron chi connectivity index (χ2n) is 4.34. The number of hydrogen-bond acceptors (Lipinski definition) is 5. The first kappa shape index (κ1) is 13.6. The van der Waals surface area contributed by atoms with Gasteiger partial charge in [-0.15, -0.1) is 0 Å². The molecule has 0 saturated heterocycles. The van der Waals surface area contributed by atoms with Crippen LogP contribution in [0.5, 0.6) is 5.75 Å². The van der Waals surface area contributed by atoms with Gasteiger partial charge in [0, 0.05) is 12.5 Å². The van der Waals surface area contributed by atoms with Gasteiger partial charge in [-0.3, -0.25) is 15.0 Å². The number of aliphatic carboxylic acids is 1. The van der Waals surface area contributed by atoms with E-state index in [2.05, 4.69) is 0 Å². The molecule has 1 aromatic rings. The number of nitrogens with zero attached hydrogens (tertiary/aromatic N) is 2. The first-order valence-corrected chi connectivity index (χ1v) is 5.52. The normalized spacial score (nSPS) is 17.4. The number of carboxylic acid groups (broad SMARTS) is 2. The van der Waals surface area contributed by atoms with Crippen molar-refractivity contribution >= 4 is 17.7 Å². The third-order valence-electron chi connectivity index (χ3n) is 3.15. The van der Waals surface area contributed by atoms with Crippen molar-refractivity contribution in [3.05, 3.63) is 33.4 Å². The van der Waals surface area contributed by atoms with Crippen LogP contribution in [0.25, 0.3) is 0 Å². The summed E-state index contributed by atoms with van der Waals surface area (Å²) in [4.78, 5) is 32.8. The van der Waals surface area contributed by atoms with E-state index in [-0.39, 0.29) is 13.0 Å². The number of carboxylic acids is 1.